The number of aryl methyl sites for hydroxylation is 2. The van der Waals surface area contributed by atoms with Crippen LogP contribution in [0, 0.1) is 6.92 Å². The lowest BCUT2D eigenvalue weighted by Gasteiger charge is -2.25. The van der Waals surface area contributed by atoms with Crippen LogP contribution in [0.15, 0.2) is 6.20 Å². The number of unbranched alkanes of at least 4 members (excludes halogenated alkanes) is 1. The monoisotopic (exact) mass is 323 g/mol. The van der Waals surface area contributed by atoms with E-state index < -0.39 is 5.60 Å². The van der Waals surface area contributed by atoms with E-state index in [4.69, 9.17) is 4.74 Å². The molecular weight excluding hydrogens is 294 g/mol. The van der Waals surface area contributed by atoms with E-state index in [2.05, 4.69) is 12.0 Å². The topological polar surface area (TPSA) is 67.6 Å². The fourth-order valence-electron chi connectivity index (χ4n) is 3.13. The van der Waals surface area contributed by atoms with Gasteiger partial charge in [-0.25, -0.2) is 0 Å². The number of methoxy groups -OCH3 is 1. The molecule has 0 saturated carbocycles. The van der Waals surface area contributed by atoms with Gasteiger partial charge in [0.15, 0.2) is 0 Å². The molecule has 1 amide bonds. The Morgan fingerprint density at radius 2 is 2.22 bits per heavy atom. The molecule has 0 aliphatic carbocycles. The van der Waals surface area contributed by atoms with Crippen molar-refractivity contribution in [3.05, 3.63) is 17.5 Å². The van der Waals surface area contributed by atoms with Gasteiger partial charge < -0.3 is 14.7 Å². The number of aromatic nitrogens is 2. The van der Waals surface area contributed by atoms with E-state index in [9.17, 15) is 9.90 Å². The predicted octanol–water partition coefficient (Wildman–Crippen LogP) is 2.00. The van der Waals surface area contributed by atoms with Gasteiger partial charge in [-0.2, -0.15) is 5.10 Å². The number of likely N-dealkylation sites (tertiary alicyclic amines) is 1. The normalized spacial score (nSPS) is 22.2. The maximum Gasteiger partial charge on any atom is 0.257 e. The minimum absolute atomic E-state index is 0.0203. The number of rotatable bonds is 6. The molecule has 1 N–H and O–H groups in total. The zero-order chi connectivity index (χ0) is 16.9. The second-order valence-corrected chi connectivity index (χ2v) is 6.55. The van der Waals surface area contributed by atoms with Gasteiger partial charge in [0.05, 0.1) is 23.5 Å². The van der Waals surface area contributed by atoms with Crippen LogP contribution < -0.4 is 0 Å². The highest BCUT2D eigenvalue weighted by Gasteiger charge is 2.32. The largest absolute Gasteiger partial charge is 0.387 e. The molecule has 23 heavy (non-hydrogen) atoms. The molecule has 1 fully saturated rings. The van der Waals surface area contributed by atoms with Crippen molar-refractivity contribution in [1.29, 1.82) is 0 Å². The predicted molar refractivity (Wildman–Crippen MR) is 88.5 cm³/mol. The standard InChI is InChI=1S/C17H29N3O3/c1-4-5-10-20-12-15(14(2)18-20)16(21)19-9-6-7-17(22,8-11-19)13-23-3/h12,22H,4-11,13H2,1-3H3. The summed E-state index contributed by atoms with van der Waals surface area (Å²) in [6.45, 7) is 6.42. The van der Waals surface area contributed by atoms with Gasteiger partial charge in [0.1, 0.15) is 0 Å². The van der Waals surface area contributed by atoms with E-state index in [-0.39, 0.29) is 5.91 Å². The number of carbonyl (C=O) groups is 1. The third kappa shape index (κ3) is 4.54. The zero-order valence-corrected chi connectivity index (χ0v) is 14.5. The smallest absolute Gasteiger partial charge is 0.257 e. The van der Waals surface area contributed by atoms with Gasteiger partial charge in [0.25, 0.3) is 5.91 Å². The summed E-state index contributed by atoms with van der Waals surface area (Å²) in [5.41, 5.74) is 0.644. The van der Waals surface area contributed by atoms with Crippen LogP contribution in [0.3, 0.4) is 0 Å². The van der Waals surface area contributed by atoms with Crippen LogP contribution in [-0.4, -0.2) is 58.1 Å². The van der Waals surface area contributed by atoms with Crippen molar-refractivity contribution in [2.45, 2.75) is 58.1 Å². The molecule has 1 saturated heterocycles. The summed E-state index contributed by atoms with van der Waals surface area (Å²) in [5.74, 6) is 0.0203. The Morgan fingerprint density at radius 3 is 2.91 bits per heavy atom. The molecule has 1 aromatic rings. The lowest BCUT2D eigenvalue weighted by Crippen LogP contribution is -2.37. The summed E-state index contributed by atoms with van der Waals surface area (Å²) in [7, 11) is 1.60. The molecular formula is C17H29N3O3. The minimum Gasteiger partial charge on any atom is -0.387 e. The molecule has 130 valence electrons. The summed E-state index contributed by atoms with van der Waals surface area (Å²) in [6, 6.07) is 0. The van der Waals surface area contributed by atoms with Gasteiger partial charge >= 0.3 is 0 Å². The number of nitrogens with zero attached hydrogens (tertiary/aromatic N) is 3. The molecule has 0 bridgehead atoms. The Kier molecular flexibility index (Phi) is 6.18. The van der Waals surface area contributed by atoms with Crippen LogP contribution >= 0.6 is 0 Å². The first-order valence-corrected chi connectivity index (χ1v) is 8.54. The number of hydrogen-bond acceptors (Lipinski definition) is 4. The molecule has 0 radical (unpaired) electrons. The van der Waals surface area contributed by atoms with Gasteiger partial charge in [0.2, 0.25) is 0 Å². The maximum atomic E-state index is 12.8. The Balaban J connectivity index is 2.04. The molecule has 6 heteroatoms. The highest BCUT2D eigenvalue weighted by molar-refractivity contribution is 5.95. The Labute approximate surface area is 138 Å². The average molecular weight is 323 g/mol. The zero-order valence-electron chi connectivity index (χ0n) is 14.5. The number of carbonyl (C=O) groups excluding carboxylic acids is 1. The second kappa shape index (κ2) is 7.93. The Morgan fingerprint density at radius 1 is 1.43 bits per heavy atom. The average Bonchev–Trinajstić information content (AvgIpc) is 2.77. The van der Waals surface area contributed by atoms with Crippen molar-refractivity contribution in [3.63, 3.8) is 0 Å². The quantitative estimate of drug-likeness (QED) is 0.869. The summed E-state index contributed by atoms with van der Waals surface area (Å²) in [6.07, 6.45) is 6.03. The third-order valence-electron chi connectivity index (χ3n) is 4.53. The molecule has 2 heterocycles. The first-order chi connectivity index (χ1) is 11.0. The minimum atomic E-state index is -0.815. The number of hydrogen-bond donors (Lipinski definition) is 1. The van der Waals surface area contributed by atoms with Crippen molar-refractivity contribution in [3.8, 4) is 0 Å². The van der Waals surface area contributed by atoms with Crippen molar-refractivity contribution < 1.29 is 14.6 Å². The van der Waals surface area contributed by atoms with Gasteiger partial charge in [-0.15, -0.1) is 0 Å². The van der Waals surface area contributed by atoms with Gasteiger partial charge in [-0.1, -0.05) is 13.3 Å². The maximum absolute atomic E-state index is 12.8. The summed E-state index contributed by atoms with van der Waals surface area (Å²) in [5, 5.41) is 14.9. The molecule has 2 rings (SSSR count). The van der Waals surface area contributed by atoms with Crippen LogP contribution in [0.5, 0.6) is 0 Å². The Hall–Kier alpha value is -1.40. The van der Waals surface area contributed by atoms with Crippen LogP contribution in [0.2, 0.25) is 0 Å². The molecule has 6 nitrogen and oxygen atoms in total. The van der Waals surface area contributed by atoms with Crippen molar-refractivity contribution in [2.75, 3.05) is 26.8 Å². The molecule has 1 aliphatic heterocycles. The van der Waals surface area contributed by atoms with Crippen molar-refractivity contribution in [1.82, 2.24) is 14.7 Å². The summed E-state index contributed by atoms with van der Waals surface area (Å²) < 4.78 is 6.98. The number of amides is 1. The Bertz CT molecular complexity index is 529. The highest BCUT2D eigenvalue weighted by atomic mass is 16.5. The van der Waals surface area contributed by atoms with E-state index in [1.54, 1.807) is 7.11 Å². The molecule has 1 unspecified atom stereocenters. The van der Waals surface area contributed by atoms with E-state index in [0.717, 1.165) is 31.5 Å². The van der Waals surface area contributed by atoms with Crippen LogP contribution in [-0.2, 0) is 11.3 Å². The van der Waals surface area contributed by atoms with Gasteiger partial charge in [-0.3, -0.25) is 9.48 Å². The number of ether oxygens (including phenoxy) is 1. The molecule has 1 atom stereocenters. The van der Waals surface area contributed by atoms with Gasteiger partial charge in [-0.05, 0) is 32.6 Å². The van der Waals surface area contributed by atoms with Crippen LogP contribution in [0.25, 0.3) is 0 Å². The number of aliphatic hydroxyl groups is 1. The fraction of sp³-hybridized carbons (Fsp3) is 0.765. The van der Waals surface area contributed by atoms with Crippen molar-refractivity contribution >= 4 is 5.91 Å². The van der Waals surface area contributed by atoms with E-state index in [1.165, 1.54) is 0 Å². The molecule has 0 aromatic carbocycles. The summed E-state index contributed by atoms with van der Waals surface area (Å²) >= 11 is 0. The first kappa shape index (κ1) is 17.9. The highest BCUT2D eigenvalue weighted by Crippen LogP contribution is 2.24. The molecule has 1 aliphatic rings. The third-order valence-corrected chi connectivity index (χ3v) is 4.53. The van der Waals surface area contributed by atoms with Crippen molar-refractivity contribution in [2.24, 2.45) is 0 Å². The second-order valence-electron chi connectivity index (χ2n) is 6.55. The van der Waals surface area contributed by atoms with E-state index >= 15 is 0 Å². The van der Waals surface area contributed by atoms with E-state index in [0.29, 0.717) is 38.1 Å². The first-order valence-electron chi connectivity index (χ1n) is 8.54. The lowest BCUT2D eigenvalue weighted by atomic mass is 9.96. The molecule has 1 aromatic heterocycles. The fourth-order valence-corrected chi connectivity index (χ4v) is 3.13. The van der Waals surface area contributed by atoms with Crippen LogP contribution in [0.1, 0.15) is 55.1 Å². The van der Waals surface area contributed by atoms with Crippen LogP contribution in [0.4, 0.5) is 0 Å². The van der Waals surface area contributed by atoms with E-state index in [1.807, 2.05) is 22.7 Å². The molecule has 0 spiro atoms. The van der Waals surface area contributed by atoms with Gasteiger partial charge in [0, 0.05) is 32.9 Å². The SMILES string of the molecule is CCCCn1cc(C(=O)N2CCCC(O)(COC)CC2)c(C)n1. The lowest BCUT2D eigenvalue weighted by molar-refractivity contribution is -0.0404. The summed E-state index contributed by atoms with van der Waals surface area (Å²) in [4.78, 5) is 14.6.